The maximum absolute atomic E-state index is 12.6. The average molecular weight is 371 g/mol. The molecule has 3 rings (SSSR count). The first-order valence-electron chi connectivity index (χ1n) is 6.71. The minimum atomic E-state index is -3.12. The van der Waals surface area contributed by atoms with E-state index in [1.807, 2.05) is 0 Å². The number of hydrogen-bond donors (Lipinski definition) is 0. The average Bonchev–Trinajstić information content (AvgIpc) is 3.13. The maximum Gasteiger partial charge on any atom is 0.373 e. The second kappa shape index (κ2) is 6.43. The van der Waals surface area contributed by atoms with Crippen LogP contribution in [0.15, 0.2) is 35.3 Å². The van der Waals surface area contributed by atoms with Gasteiger partial charge in [0.05, 0.1) is 22.5 Å². The highest BCUT2D eigenvalue weighted by atomic mass is 35.5. The number of nitrogens with zero attached hydrogens (tertiary/aromatic N) is 6. The molecule has 0 aliphatic carbocycles. The van der Waals surface area contributed by atoms with Gasteiger partial charge >= 0.3 is 18.2 Å². The van der Waals surface area contributed by atoms with Crippen molar-refractivity contribution in [3.63, 3.8) is 0 Å². The monoisotopic (exact) mass is 370 g/mol. The number of alkyl halides is 2. The van der Waals surface area contributed by atoms with E-state index in [9.17, 15) is 18.4 Å². The van der Waals surface area contributed by atoms with Crippen LogP contribution >= 0.6 is 11.6 Å². The zero-order valence-corrected chi connectivity index (χ0v) is 13.3. The third kappa shape index (κ3) is 3.13. The van der Waals surface area contributed by atoms with Crippen LogP contribution in [-0.2, 0) is 7.05 Å². The molecule has 0 bridgehead atoms. The first-order valence-corrected chi connectivity index (χ1v) is 7.09. The Morgan fingerprint density at radius 1 is 1.28 bits per heavy atom. The van der Waals surface area contributed by atoms with Gasteiger partial charge in [0, 0.05) is 13.1 Å². The van der Waals surface area contributed by atoms with E-state index in [0.29, 0.717) is 4.68 Å². The lowest BCUT2D eigenvalue weighted by molar-refractivity contribution is 0.0508. The summed E-state index contributed by atoms with van der Waals surface area (Å²) in [5, 5.41) is 10.2. The smallest absolute Gasteiger partial charge is 0.373 e. The molecule has 0 saturated heterocycles. The molecule has 25 heavy (non-hydrogen) atoms. The Balaban J connectivity index is 1.90. The summed E-state index contributed by atoms with van der Waals surface area (Å²) in [6.45, 7) is -3.12. The lowest BCUT2D eigenvalue weighted by atomic mass is 10.2. The van der Waals surface area contributed by atoms with Crippen molar-refractivity contribution in [2.24, 2.45) is 7.05 Å². The van der Waals surface area contributed by atoms with Crippen molar-refractivity contribution in [3.8, 4) is 11.6 Å². The van der Waals surface area contributed by atoms with Gasteiger partial charge in [0.2, 0.25) is 5.88 Å². The number of rotatable bonds is 4. The third-order valence-corrected chi connectivity index (χ3v) is 3.49. The predicted molar refractivity (Wildman–Crippen MR) is 80.0 cm³/mol. The third-order valence-electron chi connectivity index (χ3n) is 3.18. The van der Waals surface area contributed by atoms with E-state index >= 15 is 0 Å². The molecule has 0 aliphatic rings. The zero-order chi connectivity index (χ0) is 18.1. The largest absolute Gasteiger partial charge is 0.404 e. The summed E-state index contributed by atoms with van der Waals surface area (Å²) < 4.78 is 32.2. The fourth-order valence-electron chi connectivity index (χ4n) is 1.95. The molecular weight excluding hydrogens is 362 g/mol. The molecule has 2 heterocycles. The van der Waals surface area contributed by atoms with Gasteiger partial charge in [-0.05, 0) is 28.6 Å². The summed E-state index contributed by atoms with van der Waals surface area (Å²) in [5.74, 6) is -0.537. The van der Waals surface area contributed by atoms with E-state index in [-0.39, 0.29) is 26.8 Å². The number of halogens is 3. The van der Waals surface area contributed by atoms with Crippen molar-refractivity contribution in [3.05, 3.63) is 51.5 Å². The summed E-state index contributed by atoms with van der Waals surface area (Å²) in [7, 11) is 1.59. The van der Waals surface area contributed by atoms with Crippen LogP contribution in [0.25, 0.3) is 5.69 Å². The minimum absolute atomic E-state index is 0.0147. The summed E-state index contributed by atoms with van der Waals surface area (Å²) in [6, 6.07) is 5.29. The van der Waals surface area contributed by atoms with Crippen LogP contribution < -0.4 is 10.4 Å². The van der Waals surface area contributed by atoms with Gasteiger partial charge in [-0.25, -0.2) is 14.3 Å². The highest BCUT2D eigenvalue weighted by Crippen LogP contribution is 2.21. The quantitative estimate of drug-likeness (QED) is 0.644. The molecule has 0 N–H and O–H groups in total. The number of esters is 1. The molecule has 0 saturated carbocycles. The van der Waals surface area contributed by atoms with Gasteiger partial charge < -0.3 is 4.74 Å². The number of aryl methyl sites for hydroxylation is 1. The molecule has 0 radical (unpaired) electrons. The number of aromatic nitrogens is 6. The Bertz CT molecular complexity index is 996. The number of carbonyl (C=O) groups is 1. The van der Waals surface area contributed by atoms with Gasteiger partial charge in [0.1, 0.15) is 0 Å². The Morgan fingerprint density at radius 3 is 2.60 bits per heavy atom. The molecule has 2 aromatic heterocycles. The van der Waals surface area contributed by atoms with E-state index in [1.54, 1.807) is 7.05 Å². The van der Waals surface area contributed by atoms with E-state index < -0.39 is 18.2 Å². The van der Waals surface area contributed by atoms with Crippen LogP contribution in [0.1, 0.15) is 16.9 Å². The van der Waals surface area contributed by atoms with Crippen LogP contribution in [-0.4, -0.2) is 35.5 Å². The van der Waals surface area contributed by atoms with Gasteiger partial charge in [-0.3, -0.25) is 0 Å². The molecular formula is C13H9ClF2N6O3. The van der Waals surface area contributed by atoms with E-state index in [4.69, 9.17) is 16.3 Å². The normalized spacial score (nSPS) is 11.1. The zero-order valence-electron chi connectivity index (χ0n) is 12.5. The van der Waals surface area contributed by atoms with Crippen LogP contribution in [0, 0.1) is 0 Å². The van der Waals surface area contributed by atoms with Gasteiger partial charge in [-0.15, -0.1) is 4.68 Å². The Kier molecular flexibility index (Phi) is 4.31. The fraction of sp³-hybridized carbons (Fsp3) is 0.154. The van der Waals surface area contributed by atoms with Crippen LogP contribution in [0.4, 0.5) is 8.78 Å². The van der Waals surface area contributed by atoms with E-state index in [2.05, 4.69) is 15.5 Å². The number of carbonyl (C=O) groups excluding carboxylic acids is 1. The Morgan fingerprint density at radius 2 is 2.04 bits per heavy atom. The summed E-state index contributed by atoms with van der Waals surface area (Å²) >= 11 is 6.03. The van der Waals surface area contributed by atoms with Crippen molar-refractivity contribution < 1.29 is 18.3 Å². The predicted octanol–water partition coefficient (Wildman–Crippen LogP) is 1.43. The van der Waals surface area contributed by atoms with Crippen LogP contribution in [0.5, 0.6) is 5.88 Å². The van der Waals surface area contributed by atoms with Gasteiger partial charge in [0.15, 0.2) is 0 Å². The minimum Gasteiger partial charge on any atom is -0.404 e. The van der Waals surface area contributed by atoms with Crippen molar-refractivity contribution in [2.75, 3.05) is 0 Å². The van der Waals surface area contributed by atoms with E-state index in [0.717, 1.165) is 0 Å². The second-order valence-corrected chi connectivity index (χ2v) is 5.15. The summed E-state index contributed by atoms with van der Waals surface area (Å²) in [4.78, 5) is 23.9. The molecule has 130 valence electrons. The second-order valence-electron chi connectivity index (χ2n) is 4.74. The molecule has 3 aromatic rings. The van der Waals surface area contributed by atoms with Gasteiger partial charge in [-0.1, -0.05) is 11.6 Å². The summed E-state index contributed by atoms with van der Waals surface area (Å²) in [5.41, 5.74) is -1.06. The highest BCUT2D eigenvalue weighted by Gasteiger charge is 2.19. The Hall–Kier alpha value is -3.08. The highest BCUT2D eigenvalue weighted by molar-refractivity contribution is 6.33. The topological polar surface area (TPSA) is 96.8 Å². The van der Waals surface area contributed by atoms with Gasteiger partial charge in [-0.2, -0.15) is 18.6 Å². The number of ether oxygens (including phenoxy) is 1. The fourth-order valence-corrected chi connectivity index (χ4v) is 2.21. The molecule has 12 heteroatoms. The number of benzene rings is 1. The molecule has 0 atom stereocenters. The first-order chi connectivity index (χ1) is 11.9. The van der Waals surface area contributed by atoms with E-state index in [1.165, 1.54) is 35.1 Å². The van der Waals surface area contributed by atoms with Crippen molar-refractivity contribution in [2.45, 2.75) is 6.55 Å². The maximum atomic E-state index is 12.6. The van der Waals surface area contributed by atoms with Crippen molar-refractivity contribution >= 4 is 17.6 Å². The first kappa shape index (κ1) is 16.8. The molecule has 1 aromatic carbocycles. The van der Waals surface area contributed by atoms with Crippen LogP contribution in [0.3, 0.4) is 0 Å². The van der Waals surface area contributed by atoms with Crippen LogP contribution in [0.2, 0.25) is 5.02 Å². The Labute approximate surface area is 143 Å². The van der Waals surface area contributed by atoms with Crippen molar-refractivity contribution in [1.29, 1.82) is 0 Å². The molecule has 0 aliphatic heterocycles. The molecule has 0 fully saturated rings. The lowest BCUT2D eigenvalue weighted by Gasteiger charge is -2.07. The molecule has 9 nitrogen and oxygen atoms in total. The number of hydrogen-bond acceptors (Lipinski definition) is 6. The molecule has 0 amide bonds. The SMILES string of the molecule is Cn1nccc1OC(=O)c1ccc(-n2nnn(C(F)F)c2=O)cc1Cl. The van der Waals surface area contributed by atoms with Crippen molar-refractivity contribution in [1.82, 2.24) is 29.6 Å². The lowest BCUT2D eigenvalue weighted by Crippen LogP contribution is -2.24. The van der Waals surface area contributed by atoms with Gasteiger partial charge in [0.25, 0.3) is 0 Å². The molecule has 0 spiro atoms. The molecule has 0 unspecified atom stereocenters. The summed E-state index contributed by atoms with van der Waals surface area (Å²) in [6.07, 6.45) is 1.45. The number of tetrazole rings is 1. The standard InChI is InChI=1S/C13H9ClF2N6O3/c1-20-10(4-5-17-20)25-11(23)8-3-2-7(6-9(8)14)21-13(24)22(12(15)16)19-18-21/h2-6,12H,1H3.